The molecule has 0 saturated heterocycles. The fourth-order valence-electron chi connectivity index (χ4n) is 1.82. The second-order valence-electron chi connectivity index (χ2n) is 5.02. The number of halogens is 1. The number of hydrogen-bond donors (Lipinski definition) is 2. The minimum atomic E-state index is -0.940. The fraction of sp³-hybridized carbons (Fsp3) is 0.429. The summed E-state index contributed by atoms with van der Waals surface area (Å²) >= 11 is 1.22. The van der Waals surface area contributed by atoms with E-state index >= 15 is 0 Å². The molecule has 0 saturated carbocycles. The van der Waals surface area contributed by atoms with Crippen LogP contribution in [0.25, 0.3) is 0 Å². The van der Waals surface area contributed by atoms with Crippen LogP contribution in [0.5, 0.6) is 0 Å². The summed E-state index contributed by atoms with van der Waals surface area (Å²) in [6.45, 7) is 5.15. The number of nitrogens with zero attached hydrogens (tertiary/aromatic N) is 1. The highest BCUT2D eigenvalue weighted by atomic mass is 32.2. The van der Waals surface area contributed by atoms with Gasteiger partial charge in [-0.3, -0.25) is 4.79 Å². The molecule has 1 aromatic rings. The van der Waals surface area contributed by atoms with Crippen molar-refractivity contribution in [2.24, 2.45) is 4.99 Å². The Balaban J connectivity index is 2.06. The molecule has 0 bridgehead atoms. The van der Waals surface area contributed by atoms with E-state index in [1.807, 2.05) is 6.92 Å². The van der Waals surface area contributed by atoms with E-state index in [1.54, 1.807) is 26.0 Å². The Morgan fingerprint density at radius 1 is 1.35 bits per heavy atom. The summed E-state index contributed by atoms with van der Waals surface area (Å²) < 4.78 is 11.9. The van der Waals surface area contributed by atoms with Crippen LogP contribution >= 0.6 is 11.8 Å². The third-order valence-corrected chi connectivity index (χ3v) is 4.79. The third kappa shape index (κ3) is 2.86. The molecule has 6 heteroatoms. The molecule has 1 heterocycles. The molecule has 20 heavy (non-hydrogen) atoms. The van der Waals surface area contributed by atoms with Crippen molar-refractivity contribution < 1.29 is 14.3 Å². The Morgan fingerprint density at radius 2 is 1.95 bits per heavy atom. The first-order chi connectivity index (χ1) is 9.33. The molecule has 1 aromatic carbocycles. The van der Waals surface area contributed by atoms with Gasteiger partial charge in [0.05, 0.1) is 12.1 Å². The number of aliphatic imine (C=N–C) groups is 1. The molecule has 0 radical (unpaired) electrons. The van der Waals surface area contributed by atoms with Crippen LogP contribution in [-0.2, 0) is 4.79 Å². The maximum atomic E-state index is 12.9. The molecule has 0 fully saturated rings. The molecular weight excluding hydrogens is 279 g/mol. The number of amidine groups is 1. The van der Waals surface area contributed by atoms with Gasteiger partial charge in [0.1, 0.15) is 10.6 Å². The average Bonchev–Trinajstić information content (AvgIpc) is 2.66. The highest BCUT2D eigenvalue weighted by Crippen LogP contribution is 2.36. The minimum Gasteiger partial charge on any atom is -0.391 e. The highest BCUT2D eigenvalue weighted by Gasteiger charge is 2.45. The lowest BCUT2D eigenvalue weighted by molar-refractivity contribution is -0.121. The van der Waals surface area contributed by atoms with E-state index in [2.05, 4.69) is 10.3 Å². The van der Waals surface area contributed by atoms with Crippen LogP contribution in [0.2, 0.25) is 0 Å². The zero-order valence-electron chi connectivity index (χ0n) is 11.6. The Bertz CT molecular complexity index is 545. The number of aliphatic hydroxyl groups is 1. The van der Waals surface area contributed by atoms with Crippen LogP contribution in [0.1, 0.15) is 32.4 Å². The van der Waals surface area contributed by atoms with Gasteiger partial charge in [-0.15, -0.1) is 0 Å². The monoisotopic (exact) mass is 296 g/mol. The first-order valence-electron chi connectivity index (χ1n) is 6.35. The summed E-state index contributed by atoms with van der Waals surface area (Å²) in [4.78, 5) is 15.8. The topological polar surface area (TPSA) is 61.7 Å². The van der Waals surface area contributed by atoms with Crippen molar-refractivity contribution in [2.45, 2.75) is 37.7 Å². The third-order valence-electron chi connectivity index (χ3n) is 3.44. The number of carbonyl (C=O) groups excluding carboxylic acids is 1. The van der Waals surface area contributed by atoms with Gasteiger partial charge in [0, 0.05) is 0 Å². The van der Waals surface area contributed by atoms with Crippen LogP contribution in [0.3, 0.4) is 0 Å². The van der Waals surface area contributed by atoms with Gasteiger partial charge in [-0.05, 0) is 38.5 Å². The number of amides is 1. The summed E-state index contributed by atoms with van der Waals surface area (Å²) in [6, 6.07) is 6.04. The van der Waals surface area contributed by atoms with E-state index in [4.69, 9.17) is 0 Å². The summed E-state index contributed by atoms with van der Waals surface area (Å²) in [5.41, 5.74) is 0.896. The quantitative estimate of drug-likeness (QED) is 0.898. The summed E-state index contributed by atoms with van der Waals surface area (Å²) in [7, 11) is 0. The number of aliphatic hydroxyl groups excluding tert-OH is 1. The number of carbonyl (C=O) groups is 1. The van der Waals surface area contributed by atoms with E-state index in [1.165, 1.54) is 23.9 Å². The molecule has 0 aliphatic carbocycles. The lowest BCUT2D eigenvalue weighted by Gasteiger charge is -2.23. The molecular formula is C14H17FN2O2S. The molecule has 1 amide bonds. The largest absolute Gasteiger partial charge is 0.391 e. The number of thioether (sulfide) groups is 1. The predicted octanol–water partition coefficient (Wildman–Crippen LogP) is 2.25. The molecule has 2 N–H and O–H groups in total. The zero-order chi connectivity index (χ0) is 14.9. The van der Waals surface area contributed by atoms with E-state index in [-0.39, 0.29) is 17.8 Å². The molecule has 1 aliphatic rings. The Morgan fingerprint density at radius 3 is 2.45 bits per heavy atom. The SMILES string of the molecule is CC(O)C1(C)SC(N[C@@H](C)c2ccc(F)cc2)=NC1=O. The van der Waals surface area contributed by atoms with Crippen LogP contribution < -0.4 is 5.32 Å². The summed E-state index contributed by atoms with van der Waals surface area (Å²) in [5.74, 6) is -0.628. The van der Waals surface area contributed by atoms with Crippen LogP contribution in [0.4, 0.5) is 4.39 Å². The number of nitrogens with one attached hydrogen (secondary N) is 1. The molecule has 2 rings (SSSR count). The zero-order valence-corrected chi connectivity index (χ0v) is 12.4. The number of hydrogen-bond acceptors (Lipinski definition) is 4. The van der Waals surface area contributed by atoms with Gasteiger partial charge < -0.3 is 10.4 Å². The molecule has 1 aliphatic heterocycles. The van der Waals surface area contributed by atoms with Crippen LogP contribution in [0.15, 0.2) is 29.3 Å². The van der Waals surface area contributed by atoms with Gasteiger partial charge in [-0.1, -0.05) is 23.9 Å². The van der Waals surface area contributed by atoms with Crippen molar-refractivity contribution in [1.82, 2.24) is 5.32 Å². The maximum absolute atomic E-state index is 12.9. The normalized spacial score (nSPS) is 25.2. The molecule has 108 valence electrons. The second-order valence-corrected chi connectivity index (χ2v) is 6.46. The number of benzene rings is 1. The fourth-order valence-corrected chi connectivity index (χ4v) is 2.89. The van der Waals surface area contributed by atoms with Crippen molar-refractivity contribution in [2.75, 3.05) is 0 Å². The van der Waals surface area contributed by atoms with Gasteiger partial charge in [0.25, 0.3) is 5.91 Å². The van der Waals surface area contributed by atoms with Gasteiger partial charge >= 0.3 is 0 Å². The van der Waals surface area contributed by atoms with E-state index in [0.29, 0.717) is 5.17 Å². The predicted molar refractivity (Wildman–Crippen MR) is 78.1 cm³/mol. The minimum absolute atomic E-state index is 0.106. The average molecular weight is 296 g/mol. The standard InChI is InChI=1S/C14H17FN2O2S/c1-8(10-4-6-11(15)7-5-10)16-13-17-12(19)14(3,20-13)9(2)18/h4-9,18H,1-3H3,(H,16,17,19)/t8-,9?,14?/m0/s1. The van der Waals surface area contributed by atoms with Crippen molar-refractivity contribution in [3.8, 4) is 0 Å². The number of rotatable bonds is 3. The van der Waals surface area contributed by atoms with Gasteiger partial charge in [-0.25, -0.2) is 4.39 Å². The molecule has 3 atom stereocenters. The lowest BCUT2D eigenvalue weighted by atomic mass is 10.1. The van der Waals surface area contributed by atoms with Gasteiger partial charge in [0.15, 0.2) is 5.17 Å². The van der Waals surface area contributed by atoms with E-state index in [9.17, 15) is 14.3 Å². The highest BCUT2D eigenvalue weighted by molar-refractivity contribution is 8.16. The van der Waals surface area contributed by atoms with Crippen LogP contribution in [-0.4, -0.2) is 27.0 Å². The van der Waals surface area contributed by atoms with E-state index in [0.717, 1.165) is 5.56 Å². The van der Waals surface area contributed by atoms with Crippen molar-refractivity contribution in [3.05, 3.63) is 35.6 Å². The van der Waals surface area contributed by atoms with Crippen LogP contribution in [0, 0.1) is 5.82 Å². The lowest BCUT2D eigenvalue weighted by Crippen LogP contribution is -2.39. The summed E-state index contributed by atoms with van der Waals surface area (Å²) in [6.07, 6.45) is -0.788. The smallest absolute Gasteiger partial charge is 0.267 e. The molecule has 4 nitrogen and oxygen atoms in total. The van der Waals surface area contributed by atoms with E-state index < -0.39 is 10.9 Å². The molecule has 0 aromatic heterocycles. The molecule has 2 unspecified atom stereocenters. The van der Waals surface area contributed by atoms with Crippen molar-refractivity contribution >= 4 is 22.8 Å². The maximum Gasteiger partial charge on any atom is 0.267 e. The Kier molecular flexibility index (Phi) is 4.15. The van der Waals surface area contributed by atoms with Crippen molar-refractivity contribution in [1.29, 1.82) is 0 Å². The first kappa shape index (κ1) is 15.0. The van der Waals surface area contributed by atoms with Crippen molar-refractivity contribution in [3.63, 3.8) is 0 Å². The van der Waals surface area contributed by atoms with Gasteiger partial charge in [-0.2, -0.15) is 4.99 Å². The summed E-state index contributed by atoms with van der Waals surface area (Å²) in [5, 5.41) is 13.3. The molecule has 0 spiro atoms. The second kappa shape index (κ2) is 5.54. The Labute approximate surface area is 121 Å². The first-order valence-corrected chi connectivity index (χ1v) is 7.17. The van der Waals surface area contributed by atoms with Gasteiger partial charge in [0.2, 0.25) is 0 Å². The Hall–Kier alpha value is -1.40.